The third kappa shape index (κ3) is 2.72. The molecule has 2 aromatic carbocycles. The Morgan fingerprint density at radius 1 is 1.29 bits per heavy atom. The molecule has 146 valence electrons. The summed E-state index contributed by atoms with van der Waals surface area (Å²) in [7, 11) is 1.56. The fourth-order valence-corrected chi connectivity index (χ4v) is 4.16. The number of nitrogens with zero attached hydrogens (tertiary/aromatic N) is 1. The van der Waals surface area contributed by atoms with E-state index in [1.54, 1.807) is 31.3 Å². The average molecular weight is 383 g/mol. The molecule has 0 aliphatic carbocycles. The minimum Gasteiger partial charge on any atom is -0.490 e. The second kappa shape index (κ2) is 7.04. The third-order valence-corrected chi connectivity index (χ3v) is 5.54. The molecule has 1 atom stereocenters. The lowest BCUT2D eigenvalue weighted by molar-refractivity contribution is 0.0898. The van der Waals surface area contributed by atoms with E-state index in [-0.39, 0.29) is 17.0 Å². The largest absolute Gasteiger partial charge is 0.490 e. The van der Waals surface area contributed by atoms with Crippen molar-refractivity contribution in [2.75, 3.05) is 13.2 Å². The summed E-state index contributed by atoms with van der Waals surface area (Å²) >= 11 is 0. The van der Waals surface area contributed by atoms with Crippen molar-refractivity contribution in [1.29, 1.82) is 0 Å². The highest BCUT2D eigenvalue weighted by Crippen LogP contribution is 2.41. The van der Waals surface area contributed by atoms with Crippen molar-refractivity contribution in [3.05, 3.63) is 63.3 Å². The third-order valence-electron chi connectivity index (χ3n) is 5.54. The van der Waals surface area contributed by atoms with Gasteiger partial charge in [-0.1, -0.05) is 18.2 Å². The molecular formula is C22H22FNO4. The lowest BCUT2D eigenvalue weighted by Crippen LogP contribution is -2.25. The number of hydrogen-bond donors (Lipinski definition) is 2. The summed E-state index contributed by atoms with van der Waals surface area (Å²) in [6, 6.07) is 8.47. The van der Waals surface area contributed by atoms with Crippen molar-refractivity contribution in [2.24, 2.45) is 7.05 Å². The summed E-state index contributed by atoms with van der Waals surface area (Å²) < 4.78 is 21.8. The molecule has 4 rings (SSSR count). The molecule has 0 fully saturated rings. The van der Waals surface area contributed by atoms with Crippen LogP contribution in [0, 0.1) is 12.7 Å². The summed E-state index contributed by atoms with van der Waals surface area (Å²) in [5, 5.41) is 21.2. The summed E-state index contributed by atoms with van der Waals surface area (Å²) in [5.74, 6) is -0.177. The number of fused-ring (bicyclic) bond motifs is 2. The molecule has 0 saturated carbocycles. The number of rotatable bonds is 3. The number of pyridine rings is 1. The number of benzene rings is 2. The van der Waals surface area contributed by atoms with Crippen molar-refractivity contribution in [2.45, 2.75) is 25.9 Å². The topological polar surface area (TPSA) is 71.7 Å². The zero-order valence-electron chi connectivity index (χ0n) is 15.8. The molecule has 3 aromatic rings. The van der Waals surface area contributed by atoms with E-state index in [2.05, 4.69) is 0 Å². The van der Waals surface area contributed by atoms with Gasteiger partial charge in [0.2, 0.25) is 0 Å². The van der Waals surface area contributed by atoms with Crippen molar-refractivity contribution in [3.8, 4) is 16.9 Å². The van der Waals surface area contributed by atoms with Crippen molar-refractivity contribution >= 4 is 10.8 Å². The van der Waals surface area contributed by atoms with Crippen LogP contribution in [0.4, 0.5) is 4.39 Å². The first-order valence-corrected chi connectivity index (χ1v) is 9.31. The van der Waals surface area contributed by atoms with Crippen LogP contribution in [0.15, 0.2) is 35.1 Å². The normalized spacial score (nSPS) is 14.6. The van der Waals surface area contributed by atoms with Crippen molar-refractivity contribution in [1.82, 2.24) is 4.57 Å². The van der Waals surface area contributed by atoms with Crippen LogP contribution in [-0.2, 0) is 13.5 Å². The zero-order valence-corrected chi connectivity index (χ0v) is 15.8. The lowest BCUT2D eigenvalue weighted by atomic mass is 9.88. The molecule has 1 aromatic heterocycles. The molecule has 0 spiro atoms. The van der Waals surface area contributed by atoms with Crippen LogP contribution in [0.25, 0.3) is 21.9 Å². The van der Waals surface area contributed by atoms with E-state index in [0.717, 1.165) is 17.5 Å². The molecule has 1 aliphatic heterocycles. The number of aliphatic hydroxyl groups excluding tert-OH is 2. The molecule has 6 heteroatoms. The second-order valence-electron chi connectivity index (χ2n) is 7.16. The highest BCUT2D eigenvalue weighted by molar-refractivity contribution is 5.98. The van der Waals surface area contributed by atoms with Crippen LogP contribution >= 0.6 is 0 Å². The highest BCUT2D eigenvalue weighted by Gasteiger charge is 2.26. The molecule has 0 saturated heterocycles. The van der Waals surface area contributed by atoms with Gasteiger partial charge < -0.3 is 19.5 Å². The van der Waals surface area contributed by atoms with Gasteiger partial charge in [-0.05, 0) is 48.4 Å². The summed E-state index contributed by atoms with van der Waals surface area (Å²) in [5.41, 5.74) is 2.81. The summed E-state index contributed by atoms with van der Waals surface area (Å²) in [4.78, 5) is 12.8. The Morgan fingerprint density at radius 2 is 2.00 bits per heavy atom. The maximum absolute atomic E-state index is 14.9. The van der Waals surface area contributed by atoms with Crippen molar-refractivity contribution in [3.63, 3.8) is 0 Å². The first kappa shape index (κ1) is 18.7. The van der Waals surface area contributed by atoms with Gasteiger partial charge in [-0.15, -0.1) is 0 Å². The van der Waals surface area contributed by atoms with Crippen LogP contribution in [0.2, 0.25) is 0 Å². The van der Waals surface area contributed by atoms with Crippen molar-refractivity contribution < 1.29 is 19.3 Å². The molecule has 2 N–H and O–H groups in total. The van der Waals surface area contributed by atoms with Crippen LogP contribution in [-0.4, -0.2) is 28.0 Å². The molecule has 2 heterocycles. The van der Waals surface area contributed by atoms with E-state index in [0.29, 0.717) is 34.9 Å². The van der Waals surface area contributed by atoms with E-state index in [1.807, 2.05) is 6.92 Å². The van der Waals surface area contributed by atoms with Gasteiger partial charge in [0.1, 0.15) is 6.10 Å². The van der Waals surface area contributed by atoms with E-state index < -0.39 is 18.5 Å². The Bertz CT molecular complexity index is 1140. The molecule has 1 aliphatic rings. The standard InChI is InChI=1S/C22H22FNO4/c1-12-13-8-5-9-28-21(13)17(23)10-16(12)19-14-6-3-4-7-15(14)22(27)24(2)20(19)18(26)11-25/h3-4,6-7,10,18,25-26H,5,8-9,11H2,1-2H3. The molecule has 1 unspecified atom stereocenters. The average Bonchev–Trinajstić information content (AvgIpc) is 2.73. The van der Waals surface area contributed by atoms with Gasteiger partial charge in [0.25, 0.3) is 5.56 Å². The Labute approximate surface area is 161 Å². The lowest BCUT2D eigenvalue weighted by Gasteiger charge is -2.25. The zero-order chi connectivity index (χ0) is 20.0. The smallest absolute Gasteiger partial charge is 0.258 e. The number of aromatic nitrogens is 1. The first-order valence-electron chi connectivity index (χ1n) is 9.31. The van der Waals surface area contributed by atoms with Crippen LogP contribution < -0.4 is 10.3 Å². The molecule has 0 amide bonds. The quantitative estimate of drug-likeness (QED) is 0.729. The van der Waals surface area contributed by atoms with Gasteiger partial charge >= 0.3 is 0 Å². The Kier molecular flexibility index (Phi) is 4.69. The van der Waals surface area contributed by atoms with Gasteiger partial charge in [-0.3, -0.25) is 4.79 Å². The number of hydrogen-bond acceptors (Lipinski definition) is 4. The molecule has 5 nitrogen and oxygen atoms in total. The van der Waals surface area contributed by atoms with E-state index in [1.165, 1.54) is 10.6 Å². The number of ether oxygens (including phenoxy) is 1. The van der Waals surface area contributed by atoms with Gasteiger partial charge in [0.15, 0.2) is 11.6 Å². The molecule has 0 bridgehead atoms. The van der Waals surface area contributed by atoms with Crippen LogP contribution in [0.5, 0.6) is 5.75 Å². The van der Waals surface area contributed by atoms with E-state index >= 15 is 0 Å². The Hall–Kier alpha value is -2.70. The molecular weight excluding hydrogens is 361 g/mol. The molecule has 0 radical (unpaired) electrons. The Balaban J connectivity index is 2.17. The van der Waals surface area contributed by atoms with E-state index in [4.69, 9.17) is 4.74 Å². The minimum atomic E-state index is -1.27. The maximum Gasteiger partial charge on any atom is 0.258 e. The second-order valence-corrected chi connectivity index (χ2v) is 7.16. The minimum absolute atomic E-state index is 0.269. The fraction of sp³-hybridized carbons (Fsp3) is 0.318. The van der Waals surface area contributed by atoms with E-state index in [9.17, 15) is 19.4 Å². The van der Waals surface area contributed by atoms with Gasteiger partial charge in [0.05, 0.1) is 18.9 Å². The predicted molar refractivity (Wildman–Crippen MR) is 105 cm³/mol. The predicted octanol–water partition coefficient (Wildman–Crippen LogP) is 3.00. The summed E-state index contributed by atoms with van der Waals surface area (Å²) in [6.07, 6.45) is 0.233. The summed E-state index contributed by atoms with van der Waals surface area (Å²) in [6.45, 7) is 1.84. The number of aliphatic hydroxyl groups is 2. The highest BCUT2D eigenvalue weighted by atomic mass is 19.1. The SMILES string of the molecule is Cc1c(-c2c(C(O)CO)n(C)c(=O)c3ccccc23)cc(F)c2c1CCCO2. The molecule has 28 heavy (non-hydrogen) atoms. The van der Waals surface area contributed by atoms with Gasteiger partial charge in [-0.25, -0.2) is 4.39 Å². The van der Waals surface area contributed by atoms with Gasteiger partial charge in [-0.2, -0.15) is 0 Å². The number of halogens is 1. The first-order chi connectivity index (χ1) is 13.5. The van der Waals surface area contributed by atoms with Crippen LogP contribution in [0.3, 0.4) is 0 Å². The maximum atomic E-state index is 14.9. The van der Waals surface area contributed by atoms with Crippen LogP contribution in [0.1, 0.15) is 29.3 Å². The fourth-order valence-electron chi connectivity index (χ4n) is 4.16. The monoisotopic (exact) mass is 383 g/mol. The van der Waals surface area contributed by atoms with Gasteiger partial charge in [0, 0.05) is 23.6 Å². The Morgan fingerprint density at radius 3 is 2.71 bits per heavy atom.